The quantitative estimate of drug-likeness (QED) is 0.871. The van der Waals surface area contributed by atoms with Gasteiger partial charge in [-0.15, -0.1) is 0 Å². The molecule has 4 heteroatoms. The molecule has 0 heterocycles. The molecular weight excluding hydrogens is 317 g/mol. The third-order valence-electron chi connectivity index (χ3n) is 2.76. The summed E-state index contributed by atoms with van der Waals surface area (Å²) in [5.41, 5.74) is 1.54. The zero-order valence-corrected chi connectivity index (χ0v) is 12.1. The first-order valence-electron chi connectivity index (χ1n) is 5.49. The highest BCUT2D eigenvalue weighted by Crippen LogP contribution is 2.27. The minimum absolute atomic E-state index is 0.211. The molecule has 0 fully saturated rings. The summed E-state index contributed by atoms with van der Waals surface area (Å²) < 4.78 is 14.9. The van der Waals surface area contributed by atoms with Crippen molar-refractivity contribution < 1.29 is 4.39 Å². The van der Waals surface area contributed by atoms with Crippen LogP contribution in [-0.4, -0.2) is 7.05 Å². The second-order valence-electron chi connectivity index (χ2n) is 3.94. The van der Waals surface area contributed by atoms with Crippen molar-refractivity contribution in [3.63, 3.8) is 0 Å². The second-order valence-corrected chi connectivity index (χ2v) is 5.29. The van der Waals surface area contributed by atoms with Crippen LogP contribution in [0.15, 0.2) is 46.9 Å². The molecule has 1 atom stereocenters. The molecule has 2 aromatic carbocycles. The third-order valence-corrected chi connectivity index (χ3v) is 3.52. The number of nitrogens with one attached hydrogen (secondary N) is 1. The van der Waals surface area contributed by atoms with E-state index in [0.717, 1.165) is 10.0 Å². The first-order valence-corrected chi connectivity index (χ1v) is 6.66. The normalized spacial score (nSPS) is 12.4. The summed E-state index contributed by atoms with van der Waals surface area (Å²) in [5.74, 6) is -0.262. The molecular formula is C14H12BrClFN. The van der Waals surface area contributed by atoms with Gasteiger partial charge in [0, 0.05) is 15.1 Å². The van der Waals surface area contributed by atoms with Gasteiger partial charge in [0.1, 0.15) is 5.82 Å². The van der Waals surface area contributed by atoms with Crippen LogP contribution in [0.1, 0.15) is 17.2 Å². The lowest BCUT2D eigenvalue weighted by Gasteiger charge is -2.18. The predicted octanol–water partition coefficient (Wildman–Crippen LogP) is 4.55. The zero-order valence-electron chi connectivity index (χ0n) is 9.75. The Morgan fingerprint density at radius 2 is 1.83 bits per heavy atom. The molecule has 2 rings (SSSR count). The molecule has 0 amide bonds. The van der Waals surface area contributed by atoms with Gasteiger partial charge in [0.2, 0.25) is 0 Å². The summed E-state index contributed by atoms with van der Waals surface area (Å²) >= 11 is 9.31. The average Bonchev–Trinajstić information content (AvgIpc) is 2.37. The van der Waals surface area contributed by atoms with E-state index < -0.39 is 0 Å². The van der Waals surface area contributed by atoms with Crippen molar-refractivity contribution >= 4 is 27.5 Å². The highest BCUT2D eigenvalue weighted by Gasteiger charge is 2.16. The second kappa shape index (κ2) is 5.83. The van der Waals surface area contributed by atoms with Gasteiger partial charge in [-0.2, -0.15) is 0 Å². The molecule has 1 unspecified atom stereocenters. The van der Waals surface area contributed by atoms with E-state index in [-0.39, 0.29) is 11.9 Å². The van der Waals surface area contributed by atoms with Gasteiger partial charge in [-0.1, -0.05) is 39.7 Å². The van der Waals surface area contributed by atoms with Crippen LogP contribution in [0.25, 0.3) is 0 Å². The Morgan fingerprint density at radius 1 is 1.17 bits per heavy atom. The Bertz CT molecular complexity index is 542. The molecule has 0 radical (unpaired) electrons. The zero-order chi connectivity index (χ0) is 13.1. The van der Waals surface area contributed by atoms with Crippen molar-refractivity contribution in [2.24, 2.45) is 0 Å². The fourth-order valence-electron chi connectivity index (χ4n) is 1.89. The number of hydrogen-bond donors (Lipinski definition) is 1. The van der Waals surface area contributed by atoms with Crippen molar-refractivity contribution in [1.82, 2.24) is 5.32 Å². The van der Waals surface area contributed by atoms with Crippen LogP contribution in [0.3, 0.4) is 0 Å². The molecule has 2 aromatic rings. The van der Waals surface area contributed by atoms with Gasteiger partial charge in [-0.25, -0.2) is 4.39 Å². The smallest absolute Gasteiger partial charge is 0.128 e. The Labute approximate surface area is 119 Å². The van der Waals surface area contributed by atoms with Gasteiger partial charge in [-0.05, 0) is 42.9 Å². The van der Waals surface area contributed by atoms with E-state index in [0.29, 0.717) is 10.6 Å². The Kier molecular flexibility index (Phi) is 4.38. The van der Waals surface area contributed by atoms with Gasteiger partial charge < -0.3 is 5.32 Å². The number of hydrogen-bond acceptors (Lipinski definition) is 1. The monoisotopic (exact) mass is 327 g/mol. The van der Waals surface area contributed by atoms with Gasteiger partial charge in [0.05, 0.1) is 6.04 Å². The van der Waals surface area contributed by atoms with Crippen LogP contribution in [0.4, 0.5) is 4.39 Å². The molecule has 94 valence electrons. The van der Waals surface area contributed by atoms with Crippen molar-refractivity contribution in [2.75, 3.05) is 7.05 Å². The third kappa shape index (κ3) is 2.91. The molecule has 1 N–H and O–H groups in total. The molecule has 1 nitrogen and oxygen atoms in total. The van der Waals surface area contributed by atoms with E-state index in [2.05, 4.69) is 21.2 Å². The van der Waals surface area contributed by atoms with Crippen LogP contribution in [0.2, 0.25) is 5.02 Å². The minimum atomic E-state index is -0.262. The SMILES string of the molecule is CNC(c1ccc(Br)cc1)c1cc(Cl)ccc1F. The summed E-state index contributed by atoms with van der Waals surface area (Å²) in [6.45, 7) is 0. The maximum absolute atomic E-state index is 13.9. The Balaban J connectivity index is 2.44. The molecule has 0 saturated carbocycles. The van der Waals surface area contributed by atoms with E-state index in [9.17, 15) is 4.39 Å². The highest BCUT2D eigenvalue weighted by atomic mass is 79.9. The molecule has 0 aliphatic heterocycles. The number of benzene rings is 2. The molecule has 0 spiro atoms. The van der Waals surface area contributed by atoms with Crippen molar-refractivity contribution in [1.29, 1.82) is 0 Å². The topological polar surface area (TPSA) is 12.0 Å². The molecule has 0 bridgehead atoms. The number of rotatable bonds is 3. The largest absolute Gasteiger partial charge is 0.309 e. The van der Waals surface area contributed by atoms with E-state index >= 15 is 0 Å². The van der Waals surface area contributed by atoms with Crippen molar-refractivity contribution in [3.8, 4) is 0 Å². The van der Waals surface area contributed by atoms with Gasteiger partial charge in [-0.3, -0.25) is 0 Å². The van der Waals surface area contributed by atoms with Crippen LogP contribution >= 0.6 is 27.5 Å². The van der Waals surface area contributed by atoms with E-state index in [1.807, 2.05) is 24.3 Å². The fraction of sp³-hybridized carbons (Fsp3) is 0.143. The van der Waals surface area contributed by atoms with Crippen LogP contribution in [0.5, 0.6) is 0 Å². The first-order chi connectivity index (χ1) is 8.61. The Morgan fingerprint density at radius 3 is 2.44 bits per heavy atom. The van der Waals surface area contributed by atoms with Crippen molar-refractivity contribution in [2.45, 2.75) is 6.04 Å². The molecule has 0 saturated heterocycles. The van der Waals surface area contributed by atoms with Crippen LogP contribution < -0.4 is 5.32 Å². The number of halogens is 3. The van der Waals surface area contributed by atoms with E-state index in [1.54, 1.807) is 19.2 Å². The maximum atomic E-state index is 13.9. The van der Waals surface area contributed by atoms with E-state index in [4.69, 9.17) is 11.6 Å². The molecule has 18 heavy (non-hydrogen) atoms. The first kappa shape index (κ1) is 13.5. The maximum Gasteiger partial charge on any atom is 0.128 e. The lowest BCUT2D eigenvalue weighted by molar-refractivity contribution is 0.576. The summed E-state index contributed by atoms with van der Waals surface area (Å²) in [6, 6.07) is 12.1. The van der Waals surface area contributed by atoms with Gasteiger partial charge >= 0.3 is 0 Å². The van der Waals surface area contributed by atoms with Crippen molar-refractivity contribution in [3.05, 3.63) is 68.9 Å². The molecule has 0 aliphatic carbocycles. The molecule has 0 aliphatic rings. The lowest BCUT2D eigenvalue weighted by atomic mass is 9.98. The van der Waals surface area contributed by atoms with Gasteiger partial charge in [0.15, 0.2) is 0 Å². The fourth-order valence-corrected chi connectivity index (χ4v) is 2.34. The summed E-state index contributed by atoms with van der Waals surface area (Å²) in [4.78, 5) is 0. The summed E-state index contributed by atoms with van der Waals surface area (Å²) in [7, 11) is 1.80. The van der Waals surface area contributed by atoms with Gasteiger partial charge in [0.25, 0.3) is 0 Å². The van der Waals surface area contributed by atoms with Crippen LogP contribution in [-0.2, 0) is 0 Å². The lowest BCUT2D eigenvalue weighted by Crippen LogP contribution is -2.18. The average molecular weight is 329 g/mol. The predicted molar refractivity (Wildman–Crippen MR) is 76.5 cm³/mol. The van der Waals surface area contributed by atoms with Crippen LogP contribution in [0, 0.1) is 5.82 Å². The summed E-state index contributed by atoms with van der Waals surface area (Å²) in [5, 5.41) is 3.64. The highest BCUT2D eigenvalue weighted by molar-refractivity contribution is 9.10. The summed E-state index contributed by atoms with van der Waals surface area (Å²) in [6.07, 6.45) is 0. The molecule has 0 aromatic heterocycles. The van der Waals surface area contributed by atoms with E-state index in [1.165, 1.54) is 6.07 Å². The standard InChI is InChI=1S/C14H12BrClFN/c1-18-14(9-2-4-10(15)5-3-9)12-8-11(16)6-7-13(12)17/h2-8,14,18H,1H3. The minimum Gasteiger partial charge on any atom is -0.309 e. The Hall–Kier alpha value is -0.900.